The van der Waals surface area contributed by atoms with E-state index in [-0.39, 0.29) is 6.04 Å². The Morgan fingerprint density at radius 3 is 2.89 bits per heavy atom. The topological polar surface area (TPSA) is 84.8 Å². The third kappa shape index (κ3) is 5.76. The summed E-state index contributed by atoms with van der Waals surface area (Å²) in [4.78, 5) is 4.33. The van der Waals surface area contributed by atoms with Crippen molar-refractivity contribution < 1.29 is 9.15 Å². The minimum atomic E-state index is 0.00962. The number of nitrogens with zero attached hydrogens (tertiary/aromatic N) is 1. The largest absolute Gasteiger partial charge is 0.464 e. The molecule has 0 aliphatic carbocycles. The highest BCUT2D eigenvalue weighted by atomic mass is 16.5. The lowest BCUT2D eigenvalue weighted by molar-refractivity contribution is 0.146. The van der Waals surface area contributed by atoms with Crippen LogP contribution < -0.4 is 16.6 Å². The zero-order valence-electron chi connectivity index (χ0n) is 11.9. The van der Waals surface area contributed by atoms with E-state index < -0.39 is 0 Å². The van der Waals surface area contributed by atoms with Crippen LogP contribution in [-0.2, 0) is 4.74 Å². The van der Waals surface area contributed by atoms with E-state index in [2.05, 4.69) is 15.7 Å². The number of ether oxygens (including phenoxy) is 1. The lowest BCUT2D eigenvalue weighted by Crippen LogP contribution is -2.42. The molecule has 0 fully saturated rings. The van der Waals surface area contributed by atoms with Crippen molar-refractivity contribution in [1.29, 1.82) is 0 Å². The molecule has 0 radical (unpaired) electrons. The highest BCUT2D eigenvalue weighted by Crippen LogP contribution is 2.15. The van der Waals surface area contributed by atoms with Crippen molar-refractivity contribution in [1.82, 2.24) is 10.7 Å². The van der Waals surface area contributed by atoms with Crippen LogP contribution in [0.1, 0.15) is 37.8 Å². The second-order valence-electron chi connectivity index (χ2n) is 4.24. The molecule has 1 atom stereocenters. The van der Waals surface area contributed by atoms with Gasteiger partial charge in [0.25, 0.3) is 0 Å². The van der Waals surface area contributed by atoms with Gasteiger partial charge in [0.2, 0.25) is 5.96 Å². The summed E-state index contributed by atoms with van der Waals surface area (Å²) in [5.41, 5.74) is 2.56. The van der Waals surface area contributed by atoms with Gasteiger partial charge in [-0.3, -0.25) is 10.4 Å². The zero-order valence-corrected chi connectivity index (χ0v) is 11.9. The molecule has 0 bridgehead atoms. The highest BCUT2D eigenvalue weighted by molar-refractivity contribution is 5.79. The quantitative estimate of drug-likeness (QED) is 0.229. The Hall–Kier alpha value is -1.53. The zero-order chi connectivity index (χ0) is 14.1. The summed E-state index contributed by atoms with van der Waals surface area (Å²) in [6, 6.07) is 3.88. The van der Waals surface area contributed by atoms with E-state index in [0.717, 1.165) is 24.5 Å². The molecule has 1 aromatic rings. The van der Waals surface area contributed by atoms with Crippen molar-refractivity contribution in [2.45, 2.75) is 33.2 Å². The summed E-state index contributed by atoms with van der Waals surface area (Å²) in [7, 11) is 0. The molecule has 0 saturated heterocycles. The molecule has 6 nitrogen and oxygen atoms in total. The van der Waals surface area contributed by atoms with E-state index in [4.69, 9.17) is 15.0 Å². The molecule has 1 rings (SSSR count). The normalized spacial score (nSPS) is 13.4. The molecule has 0 saturated carbocycles. The fraction of sp³-hybridized carbons (Fsp3) is 0.615. The van der Waals surface area contributed by atoms with E-state index in [1.807, 2.05) is 32.9 Å². The Labute approximate surface area is 114 Å². The molecule has 1 aromatic heterocycles. The molecule has 1 unspecified atom stereocenters. The first kappa shape index (κ1) is 15.5. The smallest absolute Gasteiger partial charge is 0.206 e. The molecule has 0 aliphatic rings. The van der Waals surface area contributed by atoms with Gasteiger partial charge < -0.3 is 14.5 Å². The summed E-state index contributed by atoms with van der Waals surface area (Å²) < 4.78 is 10.8. The predicted octanol–water partition coefficient (Wildman–Crippen LogP) is 1.48. The molecular formula is C13H24N4O2. The van der Waals surface area contributed by atoms with Crippen LogP contribution in [0, 0.1) is 6.92 Å². The van der Waals surface area contributed by atoms with Gasteiger partial charge in [-0.05, 0) is 39.3 Å². The van der Waals surface area contributed by atoms with Crippen molar-refractivity contribution in [2.75, 3.05) is 19.8 Å². The van der Waals surface area contributed by atoms with Crippen molar-refractivity contribution in [2.24, 2.45) is 10.8 Å². The molecule has 4 N–H and O–H groups in total. The van der Waals surface area contributed by atoms with Crippen molar-refractivity contribution in [3.63, 3.8) is 0 Å². The molecule has 19 heavy (non-hydrogen) atoms. The number of guanidine groups is 1. The van der Waals surface area contributed by atoms with E-state index in [0.29, 0.717) is 19.1 Å². The molecule has 1 heterocycles. The number of nitrogens with two attached hydrogens (primary N) is 1. The Bertz CT molecular complexity index is 390. The molecule has 0 spiro atoms. The Kier molecular flexibility index (Phi) is 6.99. The van der Waals surface area contributed by atoms with E-state index in [1.165, 1.54) is 0 Å². The predicted molar refractivity (Wildman–Crippen MR) is 75.7 cm³/mol. The standard InChI is InChI=1S/C13H24N4O2/c1-4-18-9-5-8-15-13(17-14)16-11(3)12-7-6-10(2)19-12/h6-7,11H,4-5,8-9,14H2,1-3H3,(H2,15,16,17). The number of furan rings is 1. The number of nitrogens with one attached hydrogen (secondary N) is 2. The summed E-state index contributed by atoms with van der Waals surface area (Å²) >= 11 is 0. The van der Waals surface area contributed by atoms with Gasteiger partial charge in [-0.1, -0.05) is 0 Å². The third-order valence-corrected chi connectivity index (χ3v) is 2.60. The monoisotopic (exact) mass is 268 g/mol. The second kappa shape index (κ2) is 8.55. The first-order valence-corrected chi connectivity index (χ1v) is 6.59. The van der Waals surface area contributed by atoms with Crippen LogP contribution in [0.5, 0.6) is 0 Å². The summed E-state index contributed by atoms with van der Waals surface area (Å²) in [5, 5.41) is 3.17. The maximum atomic E-state index is 5.54. The van der Waals surface area contributed by atoms with Gasteiger partial charge in [-0.25, -0.2) is 5.84 Å². The van der Waals surface area contributed by atoms with Gasteiger partial charge in [-0.15, -0.1) is 0 Å². The number of aliphatic imine (C=N–C) groups is 1. The van der Waals surface area contributed by atoms with Gasteiger partial charge in [0.15, 0.2) is 0 Å². The molecule has 0 aliphatic heterocycles. The maximum absolute atomic E-state index is 5.54. The van der Waals surface area contributed by atoms with Crippen LogP contribution in [0.4, 0.5) is 0 Å². The fourth-order valence-corrected chi connectivity index (χ4v) is 1.60. The summed E-state index contributed by atoms with van der Waals surface area (Å²) in [5.74, 6) is 7.74. The van der Waals surface area contributed by atoms with Crippen LogP contribution in [-0.4, -0.2) is 25.7 Å². The molecule has 0 aromatic carbocycles. The molecule has 108 valence electrons. The first-order valence-electron chi connectivity index (χ1n) is 6.59. The Balaban J connectivity index is 2.40. The second-order valence-corrected chi connectivity index (χ2v) is 4.24. The van der Waals surface area contributed by atoms with Gasteiger partial charge in [0.05, 0.1) is 6.04 Å². The van der Waals surface area contributed by atoms with E-state index in [9.17, 15) is 0 Å². The van der Waals surface area contributed by atoms with E-state index in [1.54, 1.807) is 0 Å². The van der Waals surface area contributed by atoms with E-state index >= 15 is 0 Å². The third-order valence-electron chi connectivity index (χ3n) is 2.60. The number of rotatable bonds is 7. The Morgan fingerprint density at radius 1 is 1.53 bits per heavy atom. The van der Waals surface area contributed by atoms with Gasteiger partial charge in [0, 0.05) is 19.8 Å². The van der Waals surface area contributed by atoms with Crippen LogP contribution in [0.3, 0.4) is 0 Å². The maximum Gasteiger partial charge on any atom is 0.206 e. The van der Waals surface area contributed by atoms with Gasteiger partial charge >= 0.3 is 0 Å². The number of hydrazine groups is 1. The number of aryl methyl sites for hydroxylation is 1. The minimum absolute atomic E-state index is 0.00962. The molecule has 0 amide bonds. The van der Waals surface area contributed by atoms with Crippen molar-refractivity contribution >= 4 is 5.96 Å². The highest BCUT2D eigenvalue weighted by Gasteiger charge is 2.10. The van der Waals surface area contributed by atoms with Gasteiger partial charge in [0.1, 0.15) is 11.5 Å². The first-order chi connectivity index (χ1) is 9.17. The number of hydrogen-bond donors (Lipinski definition) is 3. The average molecular weight is 268 g/mol. The average Bonchev–Trinajstić information content (AvgIpc) is 2.83. The van der Waals surface area contributed by atoms with Crippen LogP contribution >= 0.6 is 0 Å². The minimum Gasteiger partial charge on any atom is -0.464 e. The Morgan fingerprint density at radius 2 is 2.32 bits per heavy atom. The molecule has 6 heteroatoms. The lowest BCUT2D eigenvalue weighted by Gasteiger charge is -2.14. The lowest BCUT2D eigenvalue weighted by atomic mass is 10.2. The summed E-state index contributed by atoms with van der Waals surface area (Å²) in [6.07, 6.45) is 0.870. The van der Waals surface area contributed by atoms with Crippen LogP contribution in [0.15, 0.2) is 21.5 Å². The summed E-state index contributed by atoms with van der Waals surface area (Å²) in [6.45, 7) is 8.00. The fourth-order valence-electron chi connectivity index (χ4n) is 1.60. The van der Waals surface area contributed by atoms with Crippen LogP contribution in [0.2, 0.25) is 0 Å². The van der Waals surface area contributed by atoms with Crippen molar-refractivity contribution in [3.8, 4) is 0 Å². The molecular weight excluding hydrogens is 244 g/mol. The van der Waals surface area contributed by atoms with Gasteiger partial charge in [-0.2, -0.15) is 0 Å². The van der Waals surface area contributed by atoms with Crippen molar-refractivity contribution in [3.05, 3.63) is 23.7 Å². The number of hydrogen-bond acceptors (Lipinski definition) is 4. The van der Waals surface area contributed by atoms with Crippen LogP contribution in [0.25, 0.3) is 0 Å². The SMILES string of the molecule is CCOCCCN=C(NN)NC(C)c1ccc(C)o1.